The minimum atomic E-state index is 0.0362. The molecular weight excluding hydrogens is 416 g/mol. The fraction of sp³-hybridized carbons (Fsp3) is 0.364. The molecule has 4 heterocycles. The highest BCUT2D eigenvalue weighted by Gasteiger charge is 2.42. The summed E-state index contributed by atoms with van der Waals surface area (Å²) >= 11 is 3.20. The van der Waals surface area contributed by atoms with Crippen LogP contribution in [0.1, 0.15) is 46.7 Å². The molecule has 0 unspecified atom stereocenters. The first-order valence-electron chi connectivity index (χ1n) is 10.1. The second kappa shape index (κ2) is 7.59. The van der Waals surface area contributed by atoms with Crippen molar-refractivity contribution in [1.82, 2.24) is 14.9 Å². The molecule has 5 rings (SSSR count). The number of hydrogen-bond donors (Lipinski definition) is 1. The highest BCUT2D eigenvalue weighted by molar-refractivity contribution is 7.16. The summed E-state index contributed by atoms with van der Waals surface area (Å²) in [5, 5.41) is 7.21. The number of nitrogens with one attached hydrogen (secondary N) is 1. The number of thiazole rings is 2. The molecule has 2 fully saturated rings. The van der Waals surface area contributed by atoms with E-state index in [1.807, 2.05) is 48.4 Å². The SMILES string of the molecule is Cc1nc(C)c(-c2csc(Nc3ccc(C(=O)N4[C@@H]5CC[C@H]4CC(=O)C5)cc3)n2)s1. The molecule has 2 aliphatic rings. The minimum Gasteiger partial charge on any atom is -0.332 e. The molecule has 2 saturated heterocycles. The molecule has 0 radical (unpaired) electrons. The Morgan fingerprint density at radius 2 is 1.80 bits per heavy atom. The van der Waals surface area contributed by atoms with Crippen LogP contribution < -0.4 is 5.32 Å². The van der Waals surface area contributed by atoms with Crippen LogP contribution in [-0.4, -0.2) is 38.6 Å². The van der Waals surface area contributed by atoms with Crippen molar-refractivity contribution in [3.63, 3.8) is 0 Å². The van der Waals surface area contributed by atoms with Gasteiger partial charge in [-0.15, -0.1) is 22.7 Å². The van der Waals surface area contributed by atoms with Gasteiger partial charge in [0.2, 0.25) is 0 Å². The Balaban J connectivity index is 1.29. The molecule has 1 N–H and O–H groups in total. The molecule has 0 aliphatic carbocycles. The minimum absolute atomic E-state index is 0.0362. The van der Waals surface area contributed by atoms with Gasteiger partial charge in [-0.3, -0.25) is 9.59 Å². The first-order chi connectivity index (χ1) is 14.5. The molecule has 1 aromatic carbocycles. The van der Waals surface area contributed by atoms with E-state index in [2.05, 4.69) is 15.3 Å². The van der Waals surface area contributed by atoms with Crippen LogP contribution in [-0.2, 0) is 4.79 Å². The fourth-order valence-electron chi connectivity index (χ4n) is 4.48. The van der Waals surface area contributed by atoms with Crippen molar-refractivity contribution in [3.8, 4) is 10.6 Å². The van der Waals surface area contributed by atoms with Crippen molar-refractivity contribution in [2.75, 3.05) is 5.32 Å². The van der Waals surface area contributed by atoms with Gasteiger partial charge in [-0.05, 0) is 51.0 Å². The Morgan fingerprint density at radius 3 is 2.43 bits per heavy atom. The molecular formula is C22H22N4O2S2. The van der Waals surface area contributed by atoms with Crippen molar-refractivity contribution in [2.24, 2.45) is 0 Å². The van der Waals surface area contributed by atoms with E-state index in [4.69, 9.17) is 0 Å². The Hall–Kier alpha value is -2.58. The van der Waals surface area contributed by atoms with Gasteiger partial charge in [-0.2, -0.15) is 0 Å². The van der Waals surface area contributed by atoms with Crippen molar-refractivity contribution in [3.05, 3.63) is 45.9 Å². The zero-order valence-corrected chi connectivity index (χ0v) is 18.5. The number of benzene rings is 1. The van der Waals surface area contributed by atoms with Crippen molar-refractivity contribution in [2.45, 2.75) is 51.6 Å². The Labute approximate surface area is 183 Å². The predicted molar refractivity (Wildman–Crippen MR) is 120 cm³/mol. The number of amides is 1. The molecule has 154 valence electrons. The third kappa shape index (κ3) is 3.54. The number of rotatable bonds is 4. The van der Waals surface area contributed by atoms with Crippen LogP contribution in [0.2, 0.25) is 0 Å². The number of piperidine rings is 1. The van der Waals surface area contributed by atoms with E-state index in [0.717, 1.165) is 44.9 Å². The number of nitrogens with zero attached hydrogens (tertiary/aromatic N) is 3. The van der Waals surface area contributed by atoms with Crippen molar-refractivity contribution in [1.29, 1.82) is 0 Å². The molecule has 3 aromatic rings. The lowest BCUT2D eigenvalue weighted by Gasteiger charge is -2.34. The summed E-state index contributed by atoms with van der Waals surface area (Å²) in [4.78, 5) is 37.0. The molecule has 2 aromatic heterocycles. The number of aryl methyl sites for hydroxylation is 2. The van der Waals surface area contributed by atoms with Crippen LogP contribution in [0.5, 0.6) is 0 Å². The van der Waals surface area contributed by atoms with E-state index in [1.54, 1.807) is 22.7 Å². The van der Waals surface area contributed by atoms with Gasteiger partial charge in [-0.1, -0.05) is 0 Å². The molecule has 2 aliphatic heterocycles. The van der Waals surface area contributed by atoms with Crippen LogP contribution in [0.3, 0.4) is 0 Å². The topological polar surface area (TPSA) is 75.2 Å². The van der Waals surface area contributed by atoms with Crippen LogP contribution >= 0.6 is 22.7 Å². The lowest BCUT2D eigenvalue weighted by molar-refractivity contribution is -0.122. The maximum atomic E-state index is 13.0. The number of carbonyl (C=O) groups is 2. The van der Waals surface area contributed by atoms with Gasteiger partial charge in [0.05, 0.1) is 21.3 Å². The van der Waals surface area contributed by atoms with E-state index in [1.165, 1.54) is 0 Å². The number of hydrogen-bond acceptors (Lipinski definition) is 7. The van der Waals surface area contributed by atoms with Crippen molar-refractivity contribution < 1.29 is 9.59 Å². The van der Waals surface area contributed by atoms with Crippen LogP contribution in [0, 0.1) is 13.8 Å². The number of Topliss-reactive ketones (excluding diaryl/α,β-unsaturated/α-hetero) is 1. The maximum absolute atomic E-state index is 13.0. The molecule has 6 nitrogen and oxygen atoms in total. The molecule has 2 atom stereocenters. The smallest absolute Gasteiger partial charge is 0.254 e. The normalized spacial score (nSPS) is 20.6. The summed E-state index contributed by atoms with van der Waals surface area (Å²) in [7, 11) is 0. The van der Waals surface area contributed by atoms with Gasteiger partial charge < -0.3 is 10.2 Å². The molecule has 0 spiro atoms. The Kier molecular flexibility index (Phi) is 4.91. The zero-order valence-electron chi connectivity index (χ0n) is 16.8. The van der Waals surface area contributed by atoms with Gasteiger partial charge in [0, 0.05) is 41.6 Å². The van der Waals surface area contributed by atoms with E-state index in [9.17, 15) is 9.59 Å². The number of carbonyl (C=O) groups excluding carboxylic acids is 2. The van der Waals surface area contributed by atoms with Gasteiger partial charge in [-0.25, -0.2) is 9.97 Å². The number of fused-ring (bicyclic) bond motifs is 2. The van der Waals surface area contributed by atoms with Gasteiger partial charge in [0.25, 0.3) is 5.91 Å². The maximum Gasteiger partial charge on any atom is 0.254 e. The molecule has 8 heteroatoms. The molecule has 30 heavy (non-hydrogen) atoms. The largest absolute Gasteiger partial charge is 0.332 e. The van der Waals surface area contributed by atoms with Crippen LogP contribution in [0.15, 0.2) is 29.6 Å². The van der Waals surface area contributed by atoms with E-state index in [0.29, 0.717) is 18.4 Å². The number of anilines is 2. The van der Waals surface area contributed by atoms with Crippen molar-refractivity contribution >= 4 is 45.2 Å². The molecule has 1 amide bonds. The highest BCUT2D eigenvalue weighted by atomic mass is 32.1. The Morgan fingerprint density at radius 1 is 1.10 bits per heavy atom. The summed E-state index contributed by atoms with van der Waals surface area (Å²) in [5.41, 5.74) is 3.50. The second-order valence-electron chi connectivity index (χ2n) is 7.93. The molecule has 2 bridgehead atoms. The van der Waals surface area contributed by atoms with Crippen LogP contribution in [0.4, 0.5) is 10.8 Å². The lowest BCUT2D eigenvalue weighted by atomic mass is 10.00. The fourth-order valence-corrected chi connectivity index (χ4v) is 6.15. The summed E-state index contributed by atoms with van der Waals surface area (Å²) in [5.74, 6) is 0.326. The zero-order chi connectivity index (χ0) is 20.8. The average molecular weight is 439 g/mol. The van der Waals surface area contributed by atoms with Gasteiger partial charge >= 0.3 is 0 Å². The summed E-state index contributed by atoms with van der Waals surface area (Å²) in [6.45, 7) is 4.01. The predicted octanol–water partition coefficient (Wildman–Crippen LogP) is 4.96. The summed E-state index contributed by atoms with van der Waals surface area (Å²) in [6.07, 6.45) is 2.89. The highest BCUT2D eigenvalue weighted by Crippen LogP contribution is 2.36. The summed E-state index contributed by atoms with van der Waals surface area (Å²) in [6, 6.07) is 7.68. The quantitative estimate of drug-likeness (QED) is 0.623. The van der Waals surface area contributed by atoms with Gasteiger partial charge in [0.15, 0.2) is 5.13 Å². The third-order valence-corrected chi connectivity index (χ3v) is 7.66. The van der Waals surface area contributed by atoms with E-state index < -0.39 is 0 Å². The molecule has 0 saturated carbocycles. The number of aromatic nitrogens is 2. The first-order valence-corrected chi connectivity index (χ1v) is 11.8. The average Bonchev–Trinajstić information content (AvgIpc) is 3.38. The third-order valence-electron chi connectivity index (χ3n) is 5.80. The summed E-state index contributed by atoms with van der Waals surface area (Å²) < 4.78 is 0. The van der Waals surface area contributed by atoms with Gasteiger partial charge in [0.1, 0.15) is 5.78 Å². The number of ketones is 1. The van der Waals surface area contributed by atoms with E-state index in [-0.39, 0.29) is 23.8 Å². The second-order valence-corrected chi connectivity index (χ2v) is 9.99. The lowest BCUT2D eigenvalue weighted by Crippen LogP contribution is -2.46. The monoisotopic (exact) mass is 438 g/mol. The van der Waals surface area contributed by atoms with Crippen LogP contribution in [0.25, 0.3) is 10.6 Å². The standard InChI is InChI=1S/C22H22N4O2S2/c1-12-20(30-13(2)23-12)19-11-29-22(25-19)24-15-5-3-14(4-6-15)21(28)26-16-7-8-17(26)10-18(27)9-16/h3-6,11,16-17H,7-10H2,1-2H3,(H,24,25)/t16-,17+. The Bertz CT molecular complexity index is 1100. The van der Waals surface area contributed by atoms with E-state index >= 15 is 0 Å². The first kappa shape index (κ1) is 19.4.